The fourth-order valence-electron chi connectivity index (χ4n) is 2.54. The second-order valence-electron chi connectivity index (χ2n) is 4.75. The van der Waals surface area contributed by atoms with Gasteiger partial charge in [0.1, 0.15) is 5.82 Å². The second kappa shape index (κ2) is 4.82. The SMILES string of the molecule is Cn1nccc1NCC1CNCc2ccccc21. The van der Waals surface area contributed by atoms with E-state index in [4.69, 9.17) is 0 Å². The smallest absolute Gasteiger partial charge is 0.123 e. The fraction of sp³-hybridized carbons (Fsp3) is 0.357. The predicted molar refractivity (Wildman–Crippen MR) is 72.6 cm³/mol. The summed E-state index contributed by atoms with van der Waals surface area (Å²) in [4.78, 5) is 0. The minimum atomic E-state index is 0.518. The Morgan fingerprint density at radius 1 is 1.39 bits per heavy atom. The first-order valence-electron chi connectivity index (χ1n) is 6.35. The van der Waals surface area contributed by atoms with Gasteiger partial charge in [-0.05, 0) is 11.1 Å². The molecule has 1 aliphatic heterocycles. The number of aryl methyl sites for hydroxylation is 1. The van der Waals surface area contributed by atoms with Crippen LogP contribution in [0.25, 0.3) is 0 Å². The molecule has 0 spiro atoms. The highest BCUT2D eigenvalue weighted by atomic mass is 15.3. The third-order valence-electron chi connectivity index (χ3n) is 3.55. The summed E-state index contributed by atoms with van der Waals surface area (Å²) in [5.74, 6) is 1.59. The molecule has 0 fully saturated rings. The van der Waals surface area contributed by atoms with Gasteiger partial charge in [0.25, 0.3) is 0 Å². The van der Waals surface area contributed by atoms with Crippen LogP contribution in [-0.4, -0.2) is 22.9 Å². The molecule has 0 radical (unpaired) electrons. The Bertz CT molecular complexity index is 532. The summed E-state index contributed by atoms with van der Waals surface area (Å²) < 4.78 is 1.86. The minimum absolute atomic E-state index is 0.518. The van der Waals surface area contributed by atoms with Crippen LogP contribution in [0.5, 0.6) is 0 Å². The van der Waals surface area contributed by atoms with E-state index in [0.29, 0.717) is 5.92 Å². The van der Waals surface area contributed by atoms with E-state index in [2.05, 4.69) is 40.0 Å². The van der Waals surface area contributed by atoms with E-state index in [9.17, 15) is 0 Å². The van der Waals surface area contributed by atoms with Crippen LogP contribution in [0.3, 0.4) is 0 Å². The van der Waals surface area contributed by atoms with Crippen LogP contribution in [0.15, 0.2) is 36.5 Å². The Balaban J connectivity index is 1.73. The van der Waals surface area contributed by atoms with Crippen molar-refractivity contribution in [1.82, 2.24) is 15.1 Å². The molecule has 1 aromatic heterocycles. The lowest BCUT2D eigenvalue weighted by Gasteiger charge is -2.26. The molecule has 3 rings (SSSR count). The molecule has 1 aromatic carbocycles. The van der Waals surface area contributed by atoms with Crippen molar-refractivity contribution in [2.45, 2.75) is 12.5 Å². The average molecular weight is 242 g/mol. The molecule has 4 nitrogen and oxygen atoms in total. The molecule has 18 heavy (non-hydrogen) atoms. The lowest BCUT2D eigenvalue weighted by Crippen LogP contribution is -2.32. The lowest BCUT2D eigenvalue weighted by atomic mass is 9.91. The summed E-state index contributed by atoms with van der Waals surface area (Å²) in [5, 5.41) is 11.1. The van der Waals surface area contributed by atoms with Crippen LogP contribution in [0.2, 0.25) is 0 Å². The van der Waals surface area contributed by atoms with Crippen LogP contribution >= 0.6 is 0 Å². The van der Waals surface area contributed by atoms with E-state index in [1.165, 1.54) is 11.1 Å². The first-order chi connectivity index (χ1) is 8.84. The molecule has 0 amide bonds. The third kappa shape index (κ3) is 2.11. The zero-order chi connectivity index (χ0) is 12.4. The maximum absolute atomic E-state index is 4.16. The largest absolute Gasteiger partial charge is 0.370 e. The van der Waals surface area contributed by atoms with Gasteiger partial charge in [-0.2, -0.15) is 5.10 Å². The zero-order valence-corrected chi connectivity index (χ0v) is 10.6. The molecule has 0 aliphatic carbocycles. The lowest BCUT2D eigenvalue weighted by molar-refractivity contribution is 0.555. The number of aromatic nitrogens is 2. The van der Waals surface area contributed by atoms with Gasteiger partial charge in [-0.25, -0.2) is 0 Å². The van der Waals surface area contributed by atoms with E-state index < -0.39 is 0 Å². The van der Waals surface area contributed by atoms with Gasteiger partial charge in [0.15, 0.2) is 0 Å². The van der Waals surface area contributed by atoms with Crippen molar-refractivity contribution in [2.24, 2.45) is 7.05 Å². The summed E-state index contributed by atoms with van der Waals surface area (Å²) >= 11 is 0. The van der Waals surface area contributed by atoms with Crippen molar-refractivity contribution < 1.29 is 0 Å². The van der Waals surface area contributed by atoms with Crippen molar-refractivity contribution in [2.75, 3.05) is 18.4 Å². The second-order valence-corrected chi connectivity index (χ2v) is 4.75. The Morgan fingerprint density at radius 3 is 3.11 bits per heavy atom. The highest BCUT2D eigenvalue weighted by molar-refractivity contribution is 5.37. The normalized spacial score (nSPS) is 18.4. The van der Waals surface area contributed by atoms with Gasteiger partial charge in [-0.1, -0.05) is 24.3 Å². The number of nitrogens with one attached hydrogen (secondary N) is 2. The van der Waals surface area contributed by atoms with Gasteiger partial charge < -0.3 is 10.6 Å². The zero-order valence-electron chi connectivity index (χ0n) is 10.6. The van der Waals surface area contributed by atoms with E-state index in [1.807, 2.05) is 24.0 Å². The highest BCUT2D eigenvalue weighted by Crippen LogP contribution is 2.24. The number of fused-ring (bicyclic) bond motifs is 1. The number of benzene rings is 1. The predicted octanol–water partition coefficient (Wildman–Crippen LogP) is 1.72. The van der Waals surface area contributed by atoms with Crippen molar-refractivity contribution >= 4 is 5.82 Å². The Kier molecular flexibility index (Phi) is 3.02. The summed E-state index contributed by atoms with van der Waals surface area (Å²) in [7, 11) is 1.95. The maximum Gasteiger partial charge on any atom is 0.123 e. The molecule has 2 heterocycles. The number of hydrogen-bond donors (Lipinski definition) is 2. The molecule has 2 N–H and O–H groups in total. The van der Waals surface area contributed by atoms with Crippen LogP contribution in [0.1, 0.15) is 17.0 Å². The van der Waals surface area contributed by atoms with Gasteiger partial charge in [0.05, 0.1) is 6.20 Å². The molecule has 0 saturated carbocycles. The van der Waals surface area contributed by atoms with Crippen molar-refractivity contribution in [1.29, 1.82) is 0 Å². The van der Waals surface area contributed by atoms with Gasteiger partial charge >= 0.3 is 0 Å². The Labute approximate surface area is 107 Å². The quantitative estimate of drug-likeness (QED) is 0.861. The van der Waals surface area contributed by atoms with E-state index in [1.54, 1.807) is 0 Å². The van der Waals surface area contributed by atoms with Gasteiger partial charge in [-0.15, -0.1) is 0 Å². The molecule has 94 valence electrons. The summed E-state index contributed by atoms with van der Waals surface area (Å²) in [6.07, 6.45) is 1.81. The third-order valence-corrected chi connectivity index (χ3v) is 3.55. The maximum atomic E-state index is 4.16. The van der Waals surface area contributed by atoms with E-state index in [-0.39, 0.29) is 0 Å². The molecular formula is C14H18N4. The average Bonchev–Trinajstić information content (AvgIpc) is 2.82. The molecule has 4 heteroatoms. The number of nitrogens with zero attached hydrogens (tertiary/aromatic N) is 2. The number of anilines is 1. The van der Waals surface area contributed by atoms with Crippen LogP contribution in [0.4, 0.5) is 5.82 Å². The van der Waals surface area contributed by atoms with Crippen molar-refractivity contribution in [3.05, 3.63) is 47.7 Å². The van der Waals surface area contributed by atoms with E-state index in [0.717, 1.165) is 25.5 Å². The molecule has 0 bridgehead atoms. The van der Waals surface area contributed by atoms with Crippen molar-refractivity contribution in [3.63, 3.8) is 0 Å². The molecular weight excluding hydrogens is 224 g/mol. The standard InChI is InChI=1S/C14H18N4/c1-18-14(6-7-17-18)16-10-12-9-15-8-11-4-2-3-5-13(11)12/h2-7,12,15-16H,8-10H2,1H3. The molecule has 1 aliphatic rings. The summed E-state index contributed by atoms with van der Waals surface area (Å²) in [5.41, 5.74) is 2.88. The topological polar surface area (TPSA) is 41.9 Å². The minimum Gasteiger partial charge on any atom is -0.370 e. The fourth-order valence-corrected chi connectivity index (χ4v) is 2.54. The highest BCUT2D eigenvalue weighted by Gasteiger charge is 2.19. The first-order valence-corrected chi connectivity index (χ1v) is 6.35. The molecule has 1 unspecified atom stereocenters. The number of rotatable bonds is 3. The number of hydrogen-bond acceptors (Lipinski definition) is 3. The first kappa shape index (κ1) is 11.3. The van der Waals surface area contributed by atoms with Gasteiger partial charge in [-0.3, -0.25) is 4.68 Å². The molecule has 1 atom stereocenters. The summed E-state index contributed by atoms with van der Waals surface area (Å²) in [6, 6.07) is 10.7. The van der Waals surface area contributed by atoms with E-state index >= 15 is 0 Å². The monoisotopic (exact) mass is 242 g/mol. The van der Waals surface area contributed by atoms with Gasteiger partial charge in [0, 0.05) is 38.7 Å². The summed E-state index contributed by atoms with van der Waals surface area (Å²) in [6.45, 7) is 2.95. The van der Waals surface area contributed by atoms with Crippen molar-refractivity contribution in [3.8, 4) is 0 Å². The van der Waals surface area contributed by atoms with Gasteiger partial charge in [0.2, 0.25) is 0 Å². The van der Waals surface area contributed by atoms with Crippen LogP contribution in [0, 0.1) is 0 Å². The Morgan fingerprint density at radius 2 is 2.28 bits per heavy atom. The van der Waals surface area contributed by atoms with Crippen LogP contribution in [-0.2, 0) is 13.6 Å². The van der Waals surface area contributed by atoms with Crippen LogP contribution < -0.4 is 10.6 Å². The molecule has 2 aromatic rings. The molecule has 0 saturated heterocycles. The Hall–Kier alpha value is -1.81.